The van der Waals surface area contributed by atoms with Gasteiger partial charge in [-0.2, -0.15) is 0 Å². The fourth-order valence-electron chi connectivity index (χ4n) is 7.24. The summed E-state index contributed by atoms with van der Waals surface area (Å²) in [4.78, 5) is 8.47. The summed E-state index contributed by atoms with van der Waals surface area (Å²) in [6.45, 7) is 0. The largest absolute Gasteiger partial charge is 0.330 e. The highest BCUT2D eigenvalue weighted by Gasteiger charge is 2.31. The molecule has 1 heterocycles. The molecule has 226 valence electrons. The molecule has 0 fully saturated rings. The van der Waals surface area contributed by atoms with Gasteiger partial charge in [-0.15, -0.1) is 0 Å². The lowest BCUT2D eigenvalue weighted by atomic mass is 9.82. The van der Waals surface area contributed by atoms with Crippen LogP contribution >= 0.6 is 22.9 Å². The van der Waals surface area contributed by atoms with E-state index in [9.17, 15) is 0 Å². The lowest BCUT2D eigenvalue weighted by molar-refractivity contribution is 1.19. The van der Waals surface area contributed by atoms with E-state index in [0.717, 1.165) is 11.1 Å². The predicted octanol–water partition coefficient (Wildman–Crippen LogP) is 12.2. The number of rotatable bonds is 5. The van der Waals surface area contributed by atoms with Gasteiger partial charge < -0.3 is 15.3 Å². The molecular formula is C43H26IN4-. The number of nitrogens with zero attached hydrogens (tertiary/aromatic N) is 4. The molecule has 5 heteroatoms. The summed E-state index contributed by atoms with van der Waals surface area (Å²) in [5, 5.41) is 9.63. The van der Waals surface area contributed by atoms with Crippen LogP contribution in [-0.4, -0.2) is 15.8 Å². The van der Waals surface area contributed by atoms with Crippen molar-refractivity contribution in [2.45, 2.75) is 0 Å². The van der Waals surface area contributed by atoms with Crippen molar-refractivity contribution in [1.29, 1.82) is 0 Å². The number of halogens is 1. The van der Waals surface area contributed by atoms with Crippen LogP contribution in [0.4, 0.5) is 5.95 Å². The van der Waals surface area contributed by atoms with Gasteiger partial charge >= 0.3 is 0 Å². The van der Waals surface area contributed by atoms with Gasteiger partial charge in [-0.25, -0.2) is 0 Å². The monoisotopic (exact) mass is 725 g/mol. The Morgan fingerprint density at radius 1 is 0.458 bits per heavy atom. The third-order valence-electron chi connectivity index (χ3n) is 9.21. The number of hydrogen-bond donors (Lipinski definition) is 0. The van der Waals surface area contributed by atoms with Gasteiger partial charge in [0.1, 0.15) is 0 Å². The molecular weight excluding hydrogens is 699 g/mol. The van der Waals surface area contributed by atoms with Crippen LogP contribution in [0.1, 0.15) is 5.56 Å². The van der Waals surface area contributed by atoms with Gasteiger partial charge in [-0.3, -0.25) is 3.21 Å². The summed E-state index contributed by atoms with van der Waals surface area (Å²) in [5.41, 5.74) is 13.4. The second-order valence-corrected chi connectivity index (χ2v) is 12.3. The van der Waals surface area contributed by atoms with E-state index in [4.69, 9.17) is 0 Å². The van der Waals surface area contributed by atoms with E-state index in [-0.39, 0.29) is 0 Å². The molecule has 0 bridgehead atoms. The first-order chi connectivity index (χ1) is 23.8. The number of aromatic nitrogens is 2. The molecule has 0 aliphatic heterocycles. The molecule has 0 saturated carbocycles. The Morgan fingerprint density at radius 3 is 1.60 bits per heavy atom. The fourth-order valence-corrected chi connectivity index (χ4v) is 7.62. The molecule has 0 N–H and O–H groups in total. The Morgan fingerprint density at radius 2 is 1.00 bits per heavy atom. The minimum Gasteiger partial charge on any atom is -0.330 e. The average Bonchev–Trinajstić information content (AvgIpc) is 3.49. The van der Waals surface area contributed by atoms with Crippen molar-refractivity contribution in [3.8, 4) is 55.6 Å². The highest BCUT2D eigenvalue weighted by molar-refractivity contribution is 14.1. The first-order valence-corrected chi connectivity index (χ1v) is 16.8. The summed E-state index contributed by atoms with van der Waals surface area (Å²) >= 11 is 1.98. The van der Waals surface area contributed by atoms with Crippen LogP contribution in [0.3, 0.4) is 0 Å². The summed E-state index contributed by atoms with van der Waals surface area (Å²) in [7, 11) is 0. The van der Waals surface area contributed by atoms with E-state index in [1.54, 1.807) is 18.5 Å². The SMILES string of the molecule is IN=C([N-]c1ncccn1)c1ccc(-c2ccc3c4c(cccc24)-c2c-3c(-c3ccccc3)c3ccccc3c2-c2ccccc2)cc1. The molecule has 0 amide bonds. The third-order valence-corrected chi connectivity index (χ3v) is 9.67. The standard InChI is InChI=1S/C43H26IN4/c44-48-42(47-43-45-25-10-26-46-43)30-21-19-27(20-22-30)31-23-24-36-39-32(31)17-9-18-35(39)40-37(28-11-3-1-4-12-28)33-15-7-8-16-34(33)38(41(36)40)29-13-5-2-6-14-29/h1-26H/q-1. The van der Waals surface area contributed by atoms with Gasteiger partial charge in [0, 0.05) is 22.9 Å². The maximum absolute atomic E-state index is 4.56. The first kappa shape index (κ1) is 28.6. The Labute approximate surface area is 292 Å². The van der Waals surface area contributed by atoms with Crippen LogP contribution in [0.25, 0.3) is 82.5 Å². The summed E-state index contributed by atoms with van der Waals surface area (Å²) in [5.74, 6) is 0.972. The Kier molecular flexibility index (Phi) is 7.05. The van der Waals surface area contributed by atoms with Crippen LogP contribution in [0.15, 0.2) is 161 Å². The third kappa shape index (κ3) is 4.61. The van der Waals surface area contributed by atoms with E-state index < -0.39 is 0 Å². The zero-order valence-corrected chi connectivity index (χ0v) is 27.8. The Bertz CT molecular complexity index is 2420. The zero-order valence-electron chi connectivity index (χ0n) is 25.7. The minimum absolute atomic E-state index is 0.390. The van der Waals surface area contributed by atoms with E-state index in [1.807, 2.05) is 22.9 Å². The maximum atomic E-state index is 4.56. The topological polar surface area (TPSA) is 52.2 Å². The zero-order chi connectivity index (χ0) is 32.0. The predicted molar refractivity (Wildman–Crippen MR) is 208 cm³/mol. The van der Waals surface area contributed by atoms with Gasteiger partial charge in [0.15, 0.2) is 0 Å². The van der Waals surface area contributed by atoms with E-state index in [1.165, 1.54) is 71.6 Å². The molecule has 48 heavy (non-hydrogen) atoms. The number of benzene rings is 7. The number of hydrogen-bond acceptors (Lipinski definition) is 3. The maximum Gasteiger partial charge on any atom is 0.0840 e. The fraction of sp³-hybridized carbons (Fsp3) is 0. The van der Waals surface area contributed by atoms with Crippen molar-refractivity contribution in [2.24, 2.45) is 3.21 Å². The minimum atomic E-state index is 0.390. The molecule has 0 unspecified atom stereocenters. The molecule has 8 aromatic rings. The average molecular weight is 726 g/mol. The second kappa shape index (κ2) is 11.9. The molecule has 4 nitrogen and oxygen atoms in total. The van der Waals surface area contributed by atoms with Crippen molar-refractivity contribution in [1.82, 2.24) is 9.97 Å². The molecule has 0 atom stereocenters. The van der Waals surface area contributed by atoms with Crippen molar-refractivity contribution in [3.63, 3.8) is 0 Å². The van der Waals surface area contributed by atoms with Crippen LogP contribution < -0.4 is 0 Å². The summed E-state index contributed by atoms with van der Waals surface area (Å²) < 4.78 is 4.39. The Hall–Kier alpha value is -5.66. The first-order valence-electron chi connectivity index (χ1n) is 15.8. The molecule has 9 rings (SSSR count). The molecule has 1 aliphatic carbocycles. The second-order valence-electron chi connectivity index (χ2n) is 11.8. The molecule has 1 aromatic heterocycles. The molecule has 7 aromatic carbocycles. The van der Waals surface area contributed by atoms with E-state index in [0.29, 0.717) is 11.8 Å². The smallest absolute Gasteiger partial charge is 0.0840 e. The highest BCUT2D eigenvalue weighted by atomic mass is 127. The van der Waals surface area contributed by atoms with E-state index in [2.05, 4.69) is 158 Å². The number of amidine groups is 1. The Balaban J connectivity index is 1.26. The van der Waals surface area contributed by atoms with Crippen molar-refractivity contribution in [3.05, 3.63) is 169 Å². The molecule has 0 saturated heterocycles. The van der Waals surface area contributed by atoms with Gasteiger partial charge in [-0.05, 0) is 101 Å². The van der Waals surface area contributed by atoms with Crippen molar-refractivity contribution in [2.75, 3.05) is 0 Å². The number of fused-ring (bicyclic) bond motifs is 4. The molecule has 1 aliphatic rings. The molecule has 0 spiro atoms. The van der Waals surface area contributed by atoms with Crippen LogP contribution in [0.5, 0.6) is 0 Å². The van der Waals surface area contributed by atoms with Crippen molar-refractivity contribution >= 4 is 56.2 Å². The summed E-state index contributed by atoms with van der Waals surface area (Å²) in [6, 6.07) is 52.2. The lowest BCUT2D eigenvalue weighted by Crippen LogP contribution is -1.98. The summed E-state index contributed by atoms with van der Waals surface area (Å²) in [6.07, 6.45) is 3.36. The normalized spacial score (nSPS) is 12.0. The molecule has 0 radical (unpaired) electrons. The van der Waals surface area contributed by atoms with Crippen molar-refractivity contribution < 1.29 is 0 Å². The van der Waals surface area contributed by atoms with Crippen LogP contribution in [0.2, 0.25) is 0 Å². The van der Waals surface area contributed by atoms with E-state index >= 15 is 0 Å². The van der Waals surface area contributed by atoms with Gasteiger partial charge in [0.2, 0.25) is 0 Å². The highest BCUT2D eigenvalue weighted by Crippen LogP contribution is 2.58. The van der Waals surface area contributed by atoms with Gasteiger partial charge in [-0.1, -0.05) is 140 Å². The quantitative estimate of drug-likeness (QED) is 0.101. The lowest BCUT2D eigenvalue weighted by Gasteiger charge is -2.20. The van der Waals surface area contributed by atoms with Gasteiger partial charge in [0.05, 0.1) is 11.8 Å². The van der Waals surface area contributed by atoms with Gasteiger partial charge in [0.25, 0.3) is 0 Å². The van der Waals surface area contributed by atoms with Crippen LogP contribution in [-0.2, 0) is 0 Å². The van der Waals surface area contributed by atoms with Crippen LogP contribution in [0, 0.1) is 0 Å².